The number of piperazine rings is 1. The molecule has 1 aliphatic carbocycles. The highest BCUT2D eigenvalue weighted by Crippen LogP contribution is 2.40. The molecule has 0 N–H and O–H groups in total. The minimum Gasteiger partial charge on any atom is -0.361 e. The first-order chi connectivity index (χ1) is 13.2. The quantitative estimate of drug-likeness (QED) is 0.694. The third-order valence-electron chi connectivity index (χ3n) is 5.30. The van der Waals surface area contributed by atoms with Crippen molar-refractivity contribution in [3.63, 3.8) is 0 Å². The molecule has 7 nitrogen and oxygen atoms in total. The van der Waals surface area contributed by atoms with Crippen molar-refractivity contribution in [2.45, 2.75) is 32.2 Å². The number of aryl methyl sites for hydroxylation is 1. The monoisotopic (exact) mass is 364 g/mol. The lowest BCUT2D eigenvalue weighted by atomic mass is 10.2. The van der Waals surface area contributed by atoms with Crippen LogP contribution in [0.4, 0.5) is 5.82 Å². The van der Waals surface area contributed by atoms with Crippen LogP contribution < -0.4 is 4.90 Å². The average molecular weight is 364 g/mol. The van der Waals surface area contributed by atoms with Crippen LogP contribution in [0.5, 0.6) is 0 Å². The molecule has 140 valence electrons. The summed E-state index contributed by atoms with van der Waals surface area (Å²) in [6.45, 7) is 6.82. The normalized spacial score (nSPS) is 18.2. The Morgan fingerprint density at radius 1 is 1.11 bits per heavy atom. The van der Waals surface area contributed by atoms with Gasteiger partial charge in [-0.25, -0.2) is 9.67 Å². The molecule has 0 spiro atoms. The van der Waals surface area contributed by atoms with Gasteiger partial charge < -0.3 is 9.42 Å². The lowest BCUT2D eigenvalue weighted by Gasteiger charge is -2.35. The summed E-state index contributed by atoms with van der Waals surface area (Å²) >= 11 is 0. The van der Waals surface area contributed by atoms with Gasteiger partial charge in [0.1, 0.15) is 11.6 Å². The molecule has 0 bridgehead atoms. The zero-order valence-electron chi connectivity index (χ0n) is 15.6. The number of anilines is 1. The summed E-state index contributed by atoms with van der Waals surface area (Å²) < 4.78 is 7.30. The largest absolute Gasteiger partial charge is 0.361 e. The van der Waals surface area contributed by atoms with Crippen LogP contribution in [0.15, 0.2) is 41.2 Å². The van der Waals surface area contributed by atoms with Crippen LogP contribution in [-0.2, 0) is 6.54 Å². The Morgan fingerprint density at radius 3 is 2.67 bits per heavy atom. The van der Waals surface area contributed by atoms with Crippen molar-refractivity contribution in [2.75, 3.05) is 31.1 Å². The second-order valence-corrected chi connectivity index (χ2v) is 7.57. The maximum absolute atomic E-state index is 5.47. The van der Waals surface area contributed by atoms with Gasteiger partial charge >= 0.3 is 0 Å². The fourth-order valence-corrected chi connectivity index (χ4v) is 3.58. The van der Waals surface area contributed by atoms with Crippen molar-refractivity contribution in [2.24, 2.45) is 0 Å². The van der Waals surface area contributed by atoms with Crippen LogP contribution in [0.3, 0.4) is 0 Å². The molecule has 3 aromatic heterocycles. The Morgan fingerprint density at radius 2 is 1.93 bits per heavy atom. The van der Waals surface area contributed by atoms with E-state index in [0.29, 0.717) is 5.92 Å². The van der Waals surface area contributed by atoms with E-state index in [0.717, 1.165) is 61.4 Å². The molecular formula is C20H24N6O. The highest BCUT2D eigenvalue weighted by atomic mass is 16.5. The van der Waals surface area contributed by atoms with Crippen molar-refractivity contribution < 1.29 is 4.52 Å². The van der Waals surface area contributed by atoms with Crippen molar-refractivity contribution in [3.05, 3.63) is 53.7 Å². The van der Waals surface area contributed by atoms with Crippen LogP contribution >= 0.6 is 0 Å². The Bertz CT molecular complexity index is 920. The molecule has 5 rings (SSSR count). The van der Waals surface area contributed by atoms with E-state index in [1.54, 1.807) is 0 Å². The molecule has 0 radical (unpaired) electrons. The Hall–Kier alpha value is -2.67. The fraction of sp³-hybridized carbons (Fsp3) is 0.450. The summed E-state index contributed by atoms with van der Waals surface area (Å²) in [5.41, 5.74) is 2.19. The highest BCUT2D eigenvalue weighted by Gasteiger charge is 2.28. The van der Waals surface area contributed by atoms with Gasteiger partial charge in [0.25, 0.3) is 0 Å². The Labute approximate surface area is 158 Å². The Kier molecular flexibility index (Phi) is 4.16. The smallest absolute Gasteiger partial charge is 0.155 e. The molecule has 1 aliphatic heterocycles. The van der Waals surface area contributed by atoms with Gasteiger partial charge in [-0.3, -0.25) is 4.90 Å². The summed E-state index contributed by atoms with van der Waals surface area (Å²) in [5.74, 6) is 3.56. The first-order valence-corrected chi connectivity index (χ1v) is 9.66. The average Bonchev–Trinajstić information content (AvgIpc) is 3.29. The molecule has 3 aromatic rings. The van der Waals surface area contributed by atoms with E-state index in [1.165, 1.54) is 12.8 Å². The summed E-state index contributed by atoms with van der Waals surface area (Å²) in [5, 5.41) is 8.61. The molecule has 2 aliphatic rings. The third-order valence-corrected chi connectivity index (χ3v) is 5.30. The number of rotatable bonds is 5. The van der Waals surface area contributed by atoms with E-state index in [2.05, 4.69) is 38.3 Å². The molecule has 0 amide bonds. The SMILES string of the molecule is Cc1cnn(-c2cccc(N3CCN(Cc4cc(C5CC5)on4)CC3)n2)c1. The van der Waals surface area contributed by atoms with Crippen molar-refractivity contribution in [1.82, 2.24) is 24.8 Å². The van der Waals surface area contributed by atoms with Gasteiger partial charge in [-0.05, 0) is 37.5 Å². The molecular weight excluding hydrogens is 340 g/mol. The lowest BCUT2D eigenvalue weighted by molar-refractivity contribution is 0.241. The van der Waals surface area contributed by atoms with Crippen molar-refractivity contribution >= 4 is 5.82 Å². The fourth-order valence-electron chi connectivity index (χ4n) is 3.58. The molecule has 7 heteroatoms. The second-order valence-electron chi connectivity index (χ2n) is 7.57. The minimum absolute atomic E-state index is 0.625. The van der Waals surface area contributed by atoms with Gasteiger partial charge in [-0.15, -0.1) is 0 Å². The maximum atomic E-state index is 5.47. The van der Waals surface area contributed by atoms with E-state index in [-0.39, 0.29) is 0 Å². The predicted molar refractivity (Wildman–Crippen MR) is 102 cm³/mol. The third kappa shape index (κ3) is 3.60. The highest BCUT2D eigenvalue weighted by molar-refractivity contribution is 5.43. The van der Waals surface area contributed by atoms with Gasteiger partial charge in [0.15, 0.2) is 5.82 Å². The second kappa shape index (κ2) is 6.81. The summed E-state index contributed by atoms with van der Waals surface area (Å²) in [6, 6.07) is 8.26. The predicted octanol–water partition coefficient (Wildman–Crippen LogP) is 2.76. The molecule has 27 heavy (non-hydrogen) atoms. The standard InChI is InChI=1S/C20H24N6O/c1-15-12-21-26(13-15)20-4-2-3-19(22-20)25-9-7-24(8-10-25)14-17-11-18(27-23-17)16-5-6-16/h2-4,11-13,16H,5-10,14H2,1H3. The van der Waals surface area contributed by atoms with Crippen LogP contribution in [0.25, 0.3) is 5.82 Å². The lowest BCUT2D eigenvalue weighted by Crippen LogP contribution is -2.46. The van der Waals surface area contributed by atoms with Gasteiger partial charge in [-0.2, -0.15) is 5.10 Å². The van der Waals surface area contributed by atoms with Crippen LogP contribution in [0, 0.1) is 6.92 Å². The van der Waals surface area contributed by atoms with Crippen molar-refractivity contribution in [3.8, 4) is 5.82 Å². The number of nitrogens with zero attached hydrogens (tertiary/aromatic N) is 6. The van der Waals surface area contributed by atoms with Crippen LogP contribution in [-0.4, -0.2) is 51.0 Å². The first kappa shape index (κ1) is 16.5. The van der Waals surface area contributed by atoms with E-state index < -0.39 is 0 Å². The van der Waals surface area contributed by atoms with E-state index >= 15 is 0 Å². The van der Waals surface area contributed by atoms with E-state index in [4.69, 9.17) is 9.51 Å². The molecule has 0 atom stereocenters. The zero-order valence-corrected chi connectivity index (χ0v) is 15.6. The number of aromatic nitrogens is 4. The van der Waals surface area contributed by atoms with Gasteiger partial charge in [0, 0.05) is 50.9 Å². The molecule has 4 heterocycles. The first-order valence-electron chi connectivity index (χ1n) is 9.66. The van der Waals surface area contributed by atoms with Crippen LogP contribution in [0.1, 0.15) is 35.8 Å². The molecule has 1 saturated heterocycles. The molecule has 0 unspecified atom stereocenters. The number of pyridine rings is 1. The topological polar surface area (TPSA) is 63.2 Å². The molecule has 2 fully saturated rings. The van der Waals surface area contributed by atoms with Gasteiger partial charge in [-0.1, -0.05) is 11.2 Å². The molecule has 1 saturated carbocycles. The maximum Gasteiger partial charge on any atom is 0.155 e. The number of hydrogen-bond donors (Lipinski definition) is 0. The summed E-state index contributed by atoms with van der Waals surface area (Å²) in [4.78, 5) is 9.58. The van der Waals surface area contributed by atoms with Crippen LogP contribution in [0.2, 0.25) is 0 Å². The number of hydrogen-bond acceptors (Lipinski definition) is 6. The van der Waals surface area contributed by atoms with E-state index in [1.807, 2.05) is 30.1 Å². The van der Waals surface area contributed by atoms with Gasteiger partial charge in [0.2, 0.25) is 0 Å². The minimum atomic E-state index is 0.625. The van der Waals surface area contributed by atoms with Crippen molar-refractivity contribution in [1.29, 1.82) is 0 Å². The summed E-state index contributed by atoms with van der Waals surface area (Å²) in [6.07, 6.45) is 6.35. The van der Waals surface area contributed by atoms with Gasteiger partial charge in [0.05, 0.1) is 11.9 Å². The van der Waals surface area contributed by atoms with E-state index in [9.17, 15) is 0 Å². The Balaban J connectivity index is 1.21. The zero-order chi connectivity index (χ0) is 18.2. The molecule has 0 aromatic carbocycles. The summed E-state index contributed by atoms with van der Waals surface area (Å²) in [7, 11) is 0.